The summed E-state index contributed by atoms with van der Waals surface area (Å²) < 4.78 is 0. The normalized spacial score (nSPS) is 10.7. The van der Waals surface area contributed by atoms with Gasteiger partial charge in [0, 0.05) is 5.25 Å². The van der Waals surface area contributed by atoms with Crippen LogP contribution in [0.3, 0.4) is 0 Å². The Morgan fingerprint density at radius 1 is 1.60 bits per heavy atom. The van der Waals surface area contributed by atoms with Gasteiger partial charge in [0.15, 0.2) is 0 Å². The molecule has 0 unspecified atom stereocenters. The molecule has 0 aliphatic heterocycles. The predicted molar refractivity (Wildman–Crippen MR) is 41.8 cm³/mol. The Hall–Kier alpha value is -0.710. The predicted octanol–water partition coefficient (Wildman–Crippen LogP) is 0.887. The monoisotopic (exact) mass is 158 g/mol. The summed E-state index contributed by atoms with van der Waals surface area (Å²) in [5.74, 6) is 0.378. The number of thioether (sulfide) groups is 1. The zero-order valence-corrected chi connectivity index (χ0v) is 6.77. The van der Waals surface area contributed by atoms with Crippen LogP contribution in [0.1, 0.15) is 13.8 Å². The molecule has 3 N–H and O–H groups in total. The van der Waals surface area contributed by atoms with Crippen molar-refractivity contribution < 1.29 is 0 Å². The fourth-order valence-electron chi connectivity index (χ4n) is 0.522. The molecule has 1 rings (SSSR count). The molecule has 0 amide bonds. The lowest BCUT2D eigenvalue weighted by Gasteiger charge is -1.95. The summed E-state index contributed by atoms with van der Waals surface area (Å²) in [6.45, 7) is 4.16. The van der Waals surface area contributed by atoms with E-state index in [-0.39, 0.29) is 0 Å². The largest absolute Gasteiger partial charge is 0.368 e. The highest BCUT2D eigenvalue weighted by Gasteiger charge is 2.02. The first-order valence-electron chi connectivity index (χ1n) is 3.03. The Balaban J connectivity index is 2.58. The van der Waals surface area contributed by atoms with E-state index in [4.69, 9.17) is 5.73 Å². The number of rotatable bonds is 2. The molecular weight excluding hydrogens is 148 g/mol. The summed E-state index contributed by atoms with van der Waals surface area (Å²) in [5.41, 5.74) is 5.31. The first-order chi connectivity index (χ1) is 4.68. The summed E-state index contributed by atoms with van der Waals surface area (Å²) in [6, 6.07) is 0. The molecule has 0 fully saturated rings. The van der Waals surface area contributed by atoms with E-state index < -0.39 is 0 Å². The third kappa shape index (κ3) is 1.91. The van der Waals surface area contributed by atoms with Crippen molar-refractivity contribution >= 4 is 17.7 Å². The van der Waals surface area contributed by atoms with Crippen molar-refractivity contribution in [3.63, 3.8) is 0 Å². The highest BCUT2D eigenvalue weighted by molar-refractivity contribution is 7.99. The van der Waals surface area contributed by atoms with Gasteiger partial charge in [-0.2, -0.15) is 4.98 Å². The molecule has 0 bridgehead atoms. The first-order valence-corrected chi connectivity index (χ1v) is 3.91. The lowest BCUT2D eigenvalue weighted by atomic mass is 10.6. The number of anilines is 1. The van der Waals surface area contributed by atoms with E-state index >= 15 is 0 Å². The van der Waals surface area contributed by atoms with Crippen molar-refractivity contribution in [2.45, 2.75) is 24.3 Å². The topological polar surface area (TPSA) is 67.6 Å². The average Bonchev–Trinajstić information content (AvgIpc) is 2.13. The number of hydrogen-bond donors (Lipinski definition) is 2. The van der Waals surface area contributed by atoms with Gasteiger partial charge in [-0.25, -0.2) is 5.10 Å². The average molecular weight is 158 g/mol. The van der Waals surface area contributed by atoms with Gasteiger partial charge in [-0.05, 0) is 0 Å². The molecule has 0 saturated carbocycles. The Bertz CT molecular complexity index is 207. The Morgan fingerprint density at radius 3 is 2.70 bits per heavy atom. The highest BCUT2D eigenvalue weighted by Crippen LogP contribution is 2.17. The van der Waals surface area contributed by atoms with Gasteiger partial charge >= 0.3 is 0 Å². The molecule has 5 heteroatoms. The first kappa shape index (κ1) is 7.40. The van der Waals surface area contributed by atoms with Crippen molar-refractivity contribution in [1.29, 1.82) is 0 Å². The maximum Gasteiger partial charge on any atom is 0.216 e. The highest BCUT2D eigenvalue weighted by atomic mass is 32.2. The van der Waals surface area contributed by atoms with Gasteiger partial charge < -0.3 is 5.73 Å². The Labute approximate surface area is 63.6 Å². The van der Waals surface area contributed by atoms with Crippen LogP contribution in [0, 0.1) is 0 Å². The van der Waals surface area contributed by atoms with Gasteiger partial charge in [0.2, 0.25) is 11.1 Å². The molecule has 56 valence electrons. The van der Waals surface area contributed by atoms with Crippen molar-refractivity contribution in [2.75, 3.05) is 5.73 Å². The number of aromatic amines is 1. The molecule has 0 saturated heterocycles. The number of nitrogen functional groups attached to an aromatic ring is 1. The smallest absolute Gasteiger partial charge is 0.216 e. The fourth-order valence-corrected chi connectivity index (χ4v) is 1.19. The molecule has 0 aromatic carbocycles. The molecule has 0 radical (unpaired) electrons. The van der Waals surface area contributed by atoms with Crippen LogP contribution in [0.2, 0.25) is 0 Å². The van der Waals surface area contributed by atoms with Crippen LogP contribution in [0.25, 0.3) is 0 Å². The maximum absolute atomic E-state index is 5.31. The van der Waals surface area contributed by atoms with E-state index in [2.05, 4.69) is 29.0 Å². The molecule has 1 aromatic heterocycles. The number of H-pyrrole nitrogens is 1. The third-order valence-electron chi connectivity index (χ3n) is 0.823. The summed E-state index contributed by atoms with van der Waals surface area (Å²) in [7, 11) is 0. The molecular formula is C5H10N4S. The van der Waals surface area contributed by atoms with Crippen LogP contribution in [-0.4, -0.2) is 20.4 Å². The quantitative estimate of drug-likeness (QED) is 0.627. The molecule has 10 heavy (non-hydrogen) atoms. The van der Waals surface area contributed by atoms with Gasteiger partial charge in [0.1, 0.15) is 0 Å². The van der Waals surface area contributed by atoms with Gasteiger partial charge in [0.25, 0.3) is 0 Å². The van der Waals surface area contributed by atoms with Gasteiger partial charge in [-0.15, -0.1) is 5.10 Å². The van der Waals surface area contributed by atoms with Crippen LogP contribution in [0.5, 0.6) is 0 Å². The number of nitrogens with one attached hydrogen (secondary N) is 1. The van der Waals surface area contributed by atoms with Crippen LogP contribution in [0.4, 0.5) is 5.95 Å². The van der Waals surface area contributed by atoms with Crippen LogP contribution in [-0.2, 0) is 0 Å². The Morgan fingerprint density at radius 2 is 2.30 bits per heavy atom. The van der Waals surface area contributed by atoms with E-state index in [0.717, 1.165) is 0 Å². The Kier molecular flexibility index (Phi) is 2.16. The van der Waals surface area contributed by atoms with E-state index in [1.54, 1.807) is 11.8 Å². The van der Waals surface area contributed by atoms with E-state index in [9.17, 15) is 0 Å². The summed E-state index contributed by atoms with van der Waals surface area (Å²) in [4.78, 5) is 3.92. The number of nitrogens with zero attached hydrogens (tertiary/aromatic N) is 2. The SMILES string of the molecule is CC(C)Sc1n[nH]c(N)n1. The van der Waals surface area contributed by atoms with Crippen LogP contribution >= 0.6 is 11.8 Å². The minimum Gasteiger partial charge on any atom is -0.368 e. The zero-order chi connectivity index (χ0) is 7.56. The number of aromatic nitrogens is 3. The van der Waals surface area contributed by atoms with Crippen molar-refractivity contribution in [3.05, 3.63) is 0 Å². The minimum atomic E-state index is 0.378. The van der Waals surface area contributed by atoms with Gasteiger partial charge in [0.05, 0.1) is 0 Å². The third-order valence-corrected chi connectivity index (χ3v) is 1.69. The molecule has 1 heterocycles. The van der Waals surface area contributed by atoms with Crippen molar-refractivity contribution in [3.8, 4) is 0 Å². The summed E-state index contributed by atoms with van der Waals surface area (Å²) >= 11 is 1.59. The molecule has 4 nitrogen and oxygen atoms in total. The molecule has 0 atom stereocenters. The molecule has 0 spiro atoms. The zero-order valence-electron chi connectivity index (χ0n) is 5.96. The lowest BCUT2D eigenvalue weighted by Crippen LogP contribution is -1.88. The maximum atomic E-state index is 5.31. The van der Waals surface area contributed by atoms with Crippen LogP contribution in [0.15, 0.2) is 5.16 Å². The van der Waals surface area contributed by atoms with Crippen LogP contribution < -0.4 is 5.73 Å². The van der Waals surface area contributed by atoms with Gasteiger partial charge in [-0.1, -0.05) is 25.6 Å². The summed E-state index contributed by atoms with van der Waals surface area (Å²) in [5, 5.41) is 7.64. The van der Waals surface area contributed by atoms with Gasteiger partial charge in [-0.3, -0.25) is 0 Å². The second-order valence-electron chi connectivity index (χ2n) is 2.17. The molecule has 1 aromatic rings. The van der Waals surface area contributed by atoms with E-state index in [1.165, 1.54) is 0 Å². The second-order valence-corrected chi connectivity index (χ2v) is 3.71. The number of hydrogen-bond acceptors (Lipinski definition) is 4. The summed E-state index contributed by atoms with van der Waals surface area (Å²) in [6.07, 6.45) is 0. The van der Waals surface area contributed by atoms with Crippen molar-refractivity contribution in [1.82, 2.24) is 15.2 Å². The van der Waals surface area contributed by atoms with E-state index in [1.807, 2.05) is 0 Å². The molecule has 0 aliphatic rings. The molecule has 0 aliphatic carbocycles. The number of nitrogens with two attached hydrogens (primary N) is 1. The standard InChI is InChI=1S/C5H10N4S/c1-3(2)10-5-7-4(6)8-9-5/h3H,1-2H3,(H3,6,7,8,9). The minimum absolute atomic E-state index is 0.378. The second kappa shape index (κ2) is 2.92. The van der Waals surface area contributed by atoms with Crippen molar-refractivity contribution in [2.24, 2.45) is 0 Å². The lowest BCUT2D eigenvalue weighted by molar-refractivity contribution is 0.962. The fraction of sp³-hybridized carbons (Fsp3) is 0.600. The van der Waals surface area contributed by atoms with E-state index in [0.29, 0.717) is 16.4 Å².